The topological polar surface area (TPSA) is 87.1 Å². The van der Waals surface area contributed by atoms with Gasteiger partial charge in [0.15, 0.2) is 11.5 Å². The van der Waals surface area contributed by atoms with E-state index >= 15 is 0 Å². The van der Waals surface area contributed by atoms with Gasteiger partial charge in [0.1, 0.15) is 0 Å². The van der Waals surface area contributed by atoms with Gasteiger partial charge in [0.2, 0.25) is 0 Å². The molecule has 6 nitrogen and oxygen atoms in total. The monoisotopic (exact) mass is 253 g/mol. The molecule has 0 spiro atoms. The molecule has 1 aromatic carbocycles. The Hall–Kier alpha value is -2.24. The highest BCUT2D eigenvalue weighted by Gasteiger charge is 2.14. The van der Waals surface area contributed by atoms with Crippen LogP contribution in [0.25, 0.3) is 0 Å². The first kappa shape index (κ1) is 13.8. The number of nitrogens with zero attached hydrogens (tertiary/aromatic N) is 1. The Balaban J connectivity index is 2.77. The van der Waals surface area contributed by atoms with E-state index in [0.717, 1.165) is 0 Å². The SMILES string of the molecule is COc1ccc(C(=O)N(C)CCC(=O)O)cc1O. The van der Waals surface area contributed by atoms with Crippen molar-refractivity contribution in [2.24, 2.45) is 0 Å². The van der Waals surface area contributed by atoms with Crippen LogP contribution in [0.5, 0.6) is 11.5 Å². The number of benzene rings is 1. The largest absolute Gasteiger partial charge is 0.504 e. The molecule has 2 N–H and O–H groups in total. The summed E-state index contributed by atoms with van der Waals surface area (Å²) < 4.78 is 4.87. The van der Waals surface area contributed by atoms with E-state index in [2.05, 4.69) is 0 Å². The first-order valence-electron chi connectivity index (χ1n) is 5.30. The first-order chi connectivity index (χ1) is 8.45. The molecule has 0 atom stereocenters. The Labute approximate surface area is 104 Å². The van der Waals surface area contributed by atoms with Gasteiger partial charge in [0.05, 0.1) is 13.5 Å². The molecule has 0 heterocycles. The van der Waals surface area contributed by atoms with Gasteiger partial charge in [-0.1, -0.05) is 0 Å². The third kappa shape index (κ3) is 3.38. The third-order valence-corrected chi connectivity index (χ3v) is 2.43. The molecule has 0 radical (unpaired) electrons. The van der Waals surface area contributed by atoms with Gasteiger partial charge in [-0.15, -0.1) is 0 Å². The number of carbonyl (C=O) groups excluding carboxylic acids is 1. The van der Waals surface area contributed by atoms with Gasteiger partial charge in [-0.2, -0.15) is 0 Å². The van der Waals surface area contributed by atoms with Gasteiger partial charge < -0.3 is 19.8 Å². The number of carbonyl (C=O) groups is 2. The van der Waals surface area contributed by atoms with Crippen LogP contribution in [0.2, 0.25) is 0 Å². The number of ether oxygens (including phenoxy) is 1. The zero-order chi connectivity index (χ0) is 13.7. The molecule has 1 aromatic rings. The van der Waals surface area contributed by atoms with Crippen molar-refractivity contribution in [1.82, 2.24) is 4.90 Å². The number of phenolic OH excluding ortho intramolecular Hbond substituents is 1. The van der Waals surface area contributed by atoms with Crippen LogP contribution in [0, 0.1) is 0 Å². The second kappa shape index (κ2) is 5.90. The van der Waals surface area contributed by atoms with Crippen molar-refractivity contribution in [3.8, 4) is 11.5 Å². The molecule has 0 saturated heterocycles. The van der Waals surface area contributed by atoms with Gasteiger partial charge in [0.25, 0.3) is 5.91 Å². The number of aromatic hydroxyl groups is 1. The van der Waals surface area contributed by atoms with Crippen LogP contribution in [0.15, 0.2) is 18.2 Å². The summed E-state index contributed by atoms with van der Waals surface area (Å²) in [4.78, 5) is 23.6. The molecule has 0 aliphatic carbocycles. The maximum absolute atomic E-state index is 11.9. The lowest BCUT2D eigenvalue weighted by molar-refractivity contribution is -0.137. The summed E-state index contributed by atoms with van der Waals surface area (Å²) in [5, 5.41) is 18.1. The fourth-order valence-electron chi connectivity index (χ4n) is 1.41. The van der Waals surface area contributed by atoms with Crippen LogP contribution in [0.3, 0.4) is 0 Å². The summed E-state index contributed by atoms with van der Waals surface area (Å²) in [6.45, 7) is 0.112. The van der Waals surface area contributed by atoms with Crippen molar-refractivity contribution in [2.45, 2.75) is 6.42 Å². The van der Waals surface area contributed by atoms with Crippen LogP contribution in [0.1, 0.15) is 16.8 Å². The number of amides is 1. The highest BCUT2D eigenvalue weighted by molar-refractivity contribution is 5.94. The van der Waals surface area contributed by atoms with Gasteiger partial charge in [-0.3, -0.25) is 9.59 Å². The molecule has 6 heteroatoms. The molecule has 0 aliphatic rings. The molecule has 0 aromatic heterocycles. The van der Waals surface area contributed by atoms with Gasteiger partial charge in [-0.05, 0) is 18.2 Å². The molecule has 0 saturated carbocycles. The van der Waals surface area contributed by atoms with E-state index in [0.29, 0.717) is 0 Å². The lowest BCUT2D eigenvalue weighted by atomic mass is 10.1. The van der Waals surface area contributed by atoms with Crippen LogP contribution in [0.4, 0.5) is 0 Å². The normalized spacial score (nSPS) is 9.89. The van der Waals surface area contributed by atoms with E-state index in [9.17, 15) is 14.7 Å². The number of aliphatic carboxylic acids is 1. The number of carboxylic acids is 1. The lowest BCUT2D eigenvalue weighted by Crippen LogP contribution is -2.28. The van der Waals surface area contributed by atoms with Crippen LogP contribution >= 0.6 is 0 Å². The summed E-state index contributed by atoms with van der Waals surface area (Å²) in [6.07, 6.45) is -0.121. The van der Waals surface area contributed by atoms with Crippen molar-refractivity contribution in [3.63, 3.8) is 0 Å². The highest BCUT2D eigenvalue weighted by Crippen LogP contribution is 2.26. The van der Waals surface area contributed by atoms with Crippen molar-refractivity contribution < 1.29 is 24.5 Å². The number of hydrogen-bond donors (Lipinski definition) is 2. The minimum absolute atomic E-state index is 0.112. The predicted octanol–water partition coefficient (Wildman–Crippen LogP) is 0.947. The molecule has 98 valence electrons. The maximum Gasteiger partial charge on any atom is 0.305 e. The van der Waals surface area contributed by atoms with E-state index in [-0.39, 0.29) is 35.9 Å². The number of carboxylic acid groups (broad SMARTS) is 1. The molecule has 1 rings (SSSR count). The number of phenols is 1. The standard InChI is InChI=1S/C12H15NO5/c1-13(6-5-11(15)16)12(17)8-3-4-10(18-2)9(14)7-8/h3-4,7,14H,5-6H2,1-2H3,(H,15,16). The Morgan fingerprint density at radius 1 is 1.39 bits per heavy atom. The van der Waals surface area contributed by atoms with Gasteiger partial charge >= 0.3 is 5.97 Å². The van der Waals surface area contributed by atoms with E-state index in [1.165, 1.54) is 37.3 Å². The van der Waals surface area contributed by atoms with Crippen LogP contribution < -0.4 is 4.74 Å². The highest BCUT2D eigenvalue weighted by atomic mass is 16.5. The van der Waals surface area contributed by atoms with Crippen molar-refractivity contribution in [2.75, 3.05) is 20.7 Å². The quantitative estimate of drug-likeness (QED) is 0.815. The van der Waals surface area contributed by atoms with Crippen LogP contribution in [-0.2, 0) is 4.79 Å². The fraction of sp³-hybridized carbons (Fsp3) is 0.333. The van der Waals surface area contributed by atoms with Gasteiger partial charge in [-0.25, -0.2) is 0 Å². The van der Waals surface area contributed by atoms with Crippen molar-refractivity contribution in [1.29, 1.82) is 0 Å². The molecule has 0 bridgehead atoms. The summed E-state index contributed by atoms with van der Waals surface area (Å²) >= 11 is 0. The Bertz CT molecular complexity index is 458. The minimum atomic E-state index is -0.966. The minimum Gasteiger partial charge on any atom is -0.504 e. The molecular weight excluding hydrogens is 238 g/mol. The lowest BCUT2D eigenvalue weighted by Gasteiger charge is -2.16. The maximum atomic E-state index is 11.9. The number of methoxy groups -OCH3 is 1. The fourth-order valence-corrected chi connectivity index (χ4v) is 1.41. The molecule has 0 unspecified atom stereocenters. The average molecular weight is 253 g/mol. The number of hydrogen-bond acceptors (Lipinski definition) is 4. The Morgan fingerprint density at radius 3 is 2.56 bits per heavy atom. The summed E-state index contributed by atoms with van der Waals surface area (Å²) in [5.74, 6) is -1.17. The summed E-state index contributed by atoms with van der Waals surface area (Å²) in [7, 11) is 2.92. The van der Waals surface area contributed by atoms with E-state index < -0.39 is 5.97 Å². The molecule has 0 fully saturated rings. The van der Waals surface area contributed by atoms with E-state index in [1.54, 1.807) is 0 Å². The Kier molecular flexibility index (Phi) is 4.53. The van der Waals surface area contributed by atoms with E-state index in [1.807, 2.05) is 0 Å². The molecule has 1 amide bonds. The predicted molar refractivity (Wildman–Crippen MR) is 63.9 cm³/mol. The number of rotatable bonds is 5. The van der Waals surface area contributed by atoms with E-state index in [4.69, 9.17) is 9.84 Å². The van der Waals surface area contributed by atoms with Gasteiger partial charge in [0, 0.05) is 19.2 Å². The van der Waals surface area contributed by atoms with Crippen molar-refractivity contribution >= 4 is 11.9 Å². The van der Waals surface area contributed by atoms with Crippen molar-refractivity contribution in [3.05, 3.63) is 23.8 Å². The molecule has 18 heavy (non-hydrogen) atoms. The molecular formula is C12H15NO5. The smallest absolute Gasteiger partial charge is 0.305 e. The van der Waals surface area contributed by atoms with Crippen LogP contribution in [-0.4, -0.2) is 47.7 Å². The second-order valence-electron chi connectivity index (χ2n) is 3.76. The average Bonchev–Trinajstić information content (AvgIpc) is 2.34. The zero-order valence-electron chi connectivity index (χ0n) is 10.2. The third-order valence-electron chi connectivity index (χ3n) is 2.43. The second-order valence-corrected chi connectivity index (χ2v) is 3.76. The first-order valence-corrected chi connectivity index (χ1v) is 5.30. The summed E-state index contributed by atoms with van der Waals surface area (Å²) in [6, 6.07) is 4.28. The zero-order valence-corrected chi connectivity index (χ0v) is 10.2. The Morgan fingerprint density at radius 2 is 2.06 bits per heavy atom. The molecule has 0 aliphatic heterocycles. The summed E-state index contributed by atoms with van der Waals surface area (Å²) in [5.41, 5.74) is 0.279.